The number of hydrogen-bond donors (Lipinski definition) is 1. The van der Waals surface area contributed by atoms with E-state index in [0.717, 1.165) is 29.2 Å². The first kappa shape index (κ1) is 19.7. The second kappa shape index (κ2) is 9.22. The van der Waals surface area contributed by atoms with Gasteiger partial charge < -0.3 is 14.5 Å². The minimum atomic E-state index is -0.0806. The van der Waals surface area contributed by atoms with Gasteiger partial charge in [0.05, 0.1) is 13.3 Å². The van der Waals surface area contributed by atoms with Gasteiger partial charge in [-0.3, -0.25) is 4.79 Å². The third-order valence-corrected chi connectivity index (χ3v) is 4.38. The molecule has 0 unspecified atom stereocenters. The zero-order chi connectivity index (χ0) is 19.9. The Balaban J connectivity index is 1.53. The zero-order valence-electron chi connectivity index (χ0n) is 16.6. The third-order valence-electron chi connectivity index (χ3n) is 4.38. The summed E-state index contributed by atoms with van der Waals surface area (Å²) in [5.74, 6) is 2.59. The van der Waals surface area contributed by atoms with Crippen molar-refractivity contribution in [3.8, 4) is 17.1 Å². The van der Waals surface area contributed by atoms with Crippen molar-refractivity contribution in [2.75, 3.05) is 12.4 Å². The van der Waals surface area contributed by atoms with Gasteiger partial charge in [-0.15, -0.1) is 0 Å². The minimum Gasteiger partial charge on any atom is -0.497 e. The van der Waals surface area contributed by atoms with Crippen LogP contribution in [0.4, 0.5) is 5.69 Å². The van der Waals surface area contributed by atoms with Gasteiger partial charge in [-0.25, -0.2) is 4.98 Å². The van der Waals surface area contributed by atoms with Crippen LogP contribution in [0, 0.1) is 5.92 Å². The fraction of sp³-hybridized carbons (Fsp3) is 0.304. The number of carbonyl (C=O) groups excluding carboxylic acids is 1. The predicted molar refractivity (Wildman–Crippen MR) is 110 cm³/mol. The molecule has 0 saturated carbocycles. The van der Waals surface area contributed by atoms with Crippen LogP contribution in [0.1, 0.15) is 31.7 Å². The van der Waals surface area contributed by atoms with E-state index >= 15 is 0 Å². The van der Waals surface area contributed by atoms with Crippen molar-refractivity contribution >= 4 is 11.6 Å². The Hall–Kier alpha value is -3.08. The maximum atomic E-state index is 12.1. The number of aromatic nitrogens is 1. The van der Waals surface area contributed by atoms with Crippen LogP contribution in [0.3, 0.4) is 0 Å². The number of nitrogens with one attached hydrogen (secondary N) is 1. The van der Waals surface area contributed by atoms with Gasteiger partial charge in [0.25, 0.3) is 0 Å². The maximum Gasteiger partial charge on any atom is 0.224 e. The maximum absolute atomic E-state index is 12.1. The van der Waals surface area contributed by atoms with Crippen molar-refractivity contribution in [3.63, 3.8) is 0 Å². The molecule has 3 rings (SSSR count). The molecule has 28 heavy (non-hydrogen) atoms. The molecule has 0 spiro atoms. The Labute approximate surface area is 165 Å². The van der Waals surface area contributed by atoms with E-state index in [1.807, 2.05) is 24.3 Å². The number of carbonyl (C=O) groups is 1. The largest absolute Gasteiger partial charge is 0.497 e. The number of methoxy groups -OCH3 is 1. The summed E-state index contributed by atoms with van der Waals surface area (Å²) in [6.07, 6.45) is 3.53. The lowest BCUT2D eigenvalue weighted by molar-refractivity contribution is -0.116. The molecule has 1 amide bonds. The number of rotatable bonds is 8. The van der Waals surface area contributed by atoms with Gasteiger partial charge >= 0.3 is 0 Å². The van der Waals surface area contributed by atoms with E-state index in [1.54, 1.807) is 13.3 Å². The Morgan fingerprint density at radius 1 is 1.11 bits per heavy atom. The highest BCUT2D eigenvalue weighted by molar-refractivity contribution is 5.90. The summed E-state index contributed by atoms with van der Waals surface area (Å²) in [5, 5.41) is 2.86. The fourth-order valence-electron chi connectivity index (χ4n) is 2.95. The molecular formula is C23H26N2O3. The normalized spacial score (nSPS) is 10.9. The van der Waals surface area contributed by atoms with Crippen molar-refractivity contribution < 1.29 is 13.9 Å². The van der Waals surface area contributed by atoms with Gasteiger partial charge in [0.1, 0.15) is 5.75 Å². The van der Waals surface area contributed by atoms with E-state index in [-0.39, 0.29) is 5.91 Å². The van der Waals surface area contributed by atoms with Gasteiger partial charge in [0, 0.05) is 24.1 Å². The Kier molecular flexibility index (Phi) is 6.48. The van der Waals surface area contributed by atoms with E-state index < -0.39 is 0 Å². The van der Waals surface area contributed by atoms with E-state index in [1.165, 1.54) is 5.56 Å². The Morgan fingerprint density at radius 2 is 1.82 bits per heavy atom. The van der Waals surface area contributed by atoms with Crippen LogP contribution in [0.2, 0.25) is 0 Å². The number of anilines is 1. The lowest BCUT2D eigenvalue weighted by atomic mass is 10.0. The zero-order valence-corrected chi connectivity index (χ0v) is 16.6. The van der Waals surface area contributed by atoms with Crippen LogP contribution in [-0.2, 0) is 17.6 Å². The summed E-state index contributed by atoms with van der Waals surface area (Å²) < 4.78 is 10.9. The summed E-state index contributed by atoms with van der Waals surface area (Å²) in [5.41, 5.74) is 3.04. The second-order valence-corrected chi connectivity index (χ2v) is 7.19. The number of benzene rings is 2. The Bertz CT molecular complexity index is 896. The number of aryl methyl sites for hydroxylation is 1. The minimum absolute atomic E-state index is 0.0806. The lowest BCUT2D eigenvalue weighted by Gasteiger charge is -2.06. The molecule has 0 aliphatic heterocycles. The molecular weight excluding hydrogens is 352 g/mol. The van der Waals surface area contributed by atoms with Crippen molar-refractivity contribution in [1.29, 1.82) is 0 Å². The molecule has 0 saturated heterocycles. The van der Waals surface area contributed by atoms with Crippen LogP contribution in [0.25, 0.3) is 11.3 Å². The van der Waals surface area contributed by atoms with Crippen molar-refractivity contribution in [2.24, 2.45) is 5.92 Å². The van der Waals surface area contributed by atoms with Crippen LogP contribution in [-0.4, -0.2) is 18.0 Å². The van der Waals surface area contributed by atoms with Crippen molar-refractivity contribution in [1.82, 2.24) is 4.98 Å². The van der Waals surface area contributed by atoms with Crippen LogP contribution >= 0.6 is 0 Å². The molecule has 0 radical (unpaired) electrons. The number of amides is 1. The molecule has 0 bridgehead atoms. The van der Waals surface area contributed by atoms with Crippen molar-refractivity contribution in [3.05, 3.63) is 66.2 Å². The summed E-state index contributed by atoms with van der Waals surface area (Å²) >= 11 is 0. The van der Waals surface area contributed by atoms with Crippen LogP contribution < -0.4 is 10.1 Å². The first-order valence-corrected chi connectivity index (χ1v) is 9.51. The van der Waals surface area contributed by atoms with Gasteiger partial charge in [0.15, 0.2) is 11.7 Å². The molecule has 0 atom stereocenters. The Morgan fingerprint density at radius 3 is 2.46 bits per heavy atom. The summed E-state index contributed by atoms with van der Waals surface area (Å²) in [4.78, 5) is 16.4. The van der Waals surface area contributed by atoms with Crippen LogP contribution in [0.15, 0.2) is 59.1 Å². The quantitative estimate of drug-likeness (QED) is 0.591. The van der Waals surface area contributed by atoms with E-state index in [9.17, 15) is 4.79 Å². The first-order valence-electron chi connectivity index (χ1n) is 9.51. The monoisotopic (exact) mass is 378 g/mol. The number of ether oxygens (including phenoxy) is 1. The SMILES string of the molecule is COc1ccc(NC(=O)CCc2ncc(-c3ccc(CC(C)C)cc3)o2)cc1. The number of oxazole rings is 1. The van der Waals surface area contributed by atoms with Crippen molar-refractivity contribution in [2.45, 2.75) is 33.1 Å². The molecule has 5 nitrogen and oxygen atoms in total. The topological polar surface area (TPSA) is 64.4 Å². The predicted octanol–water partition coefficient (Wildman–Crippen LogP) is 5.12. The van der Waals surface area contributed by atoms with Gasteiger partial charge in [0.2, 0.25) is 5.91 Å². The molecule has 1 heterocycles. The molecule has 0 aliphatic rings. The molecule has 0 fully saturated rings. The lowest BCUT2D eigenvalue weighted by Crippen LogP contribution is -2.12. The highest BCUT2D eigenvalue weighted by atomic mass is 16.5. The molecule has 1 N–H and O–H groups in total. The average Bonchev–Trinajstić information content (AvgIpc) is 3.16. The van der Waals surface area contributed by atoms with Gasteiger partial charge in [-0.05, 0) is 42.2 Å². The van der Waals surface area contributed by atoms with Crippen LogP contribution in [0.5, 0.6) is 5.75 Å². The highest BCUT2D eigenvalue weighted by Gasteiger charge is 2.10. The fourth-order valence-corrected chi connectivity index (χ4v) is 2.95. The second-order valence-electron chi connectivity index (χ2n) is 7.19. The summed E-state index contributed by atoms with van der Waals surface area (Å²) in [6.45, 7) is 4.42. The molecule has 2 aromatic carbocycles. The van der Waals surface area contributed by atoms with E-state index in [4.69, 9.17) is 9.15 Å². The van der Waals surface area contributed by atoms with Gasteiger partial charge in [-0.2, -0.15) is 0 Å². The molecule has 1 aromatic heterocycles. The third kappa shape index (κ3) is 5.46. The highest BCUT2D eigenvalue weighted by Crippen LogP contribution is 2.22. The first-order chi connectivity index (χ1) is 13.5. The number of hydrogen-bond acceptors (Lipinski definition) is 4. The summed E-state index contributed by atoms with van der Waals surface area (Å²) in [7, 11) is 1.61. The average molecular weight is 378 g/mol. The van der Waals surface area contributed by atoms with E-state index in [2.05, 4.69) is 48.4 Å². The molecule has 3 aromatic rings. The smallest absolute Gasteiger partial charge is 0.224 e. The standard InChI is InChI=1S/C23H26N2O3/c1-16(2)14-17-4-6-18(7-5-17)21-15-24-23(28-21)13-12-22(26)25-19-8-10-20(27-3)11-9-19/h4-11,15-16H,12-14H2,1-3H3,(H,25,26). The summed E-state index contributed by atoms with van der Waals surface area (Å²) in [6, 6.07) is 15.6. The van der Waals surface area contributed by atoms with E-state index in [0.29, 0.717) is 24.7 Å². The molecule has 146 valence electrons. The molecule has 5 heteroatoms. The molecule has 0 aliphatic carbocycles. The van der Waals surface area contributed by atoms with Gasteiger partial charge in [-0.1, -0.05) is 38.1 Å². The number of nitrogens with zero attached hydrogens (tertiary/aromatic N) is 1.